The fourth-order valence-electron chi connectivity index (χ4n) is 1.84. The molecular formula is C16H19NO4. The second kappa shape index (κ2) is 7.28. The molecule has 5 nitrogen and oxygen atoms in total. The Bertz CT molecular complexity index is 586. The summed E-state index contributed by atoms with van der Waals surface area (Å²) in [5.41, 5.74) is 6.32. The van der Waals surface area contributed by atoms with Gasteiger partial charge in [0.05, 0.1) is 14.2 Å². The van der Waals surface area contributed by atoms with Crippen molar-refractivity contribution in [2.75, 3.05) is 33.2 Å². The van der Waals surface area contributed by atoms with Crippen LogP contribution in [0, 0.1) is 0 Å². The zero-order valence-electron chi connectivity index (χ0n) is 12.2. The van der Waals surface area contributed by atoms with Crippen LogP contribution in [0.5, 0.6) is 23.0 Å². The van der Waals surface area contributed by atoms with Crippen LogP contribution < -0.4 is 24.7 Å². The fourth-order valence-corrected chi connectivity index (χ4v) is 1.84. The van der Waals surface area contributed by atoms with Gasteiger partial charge in [0.2, 0.25) is 0 Å². The number of hydrogen-bond acceptors (Lipinski definition) is 5. The van der Waals surface area contributed by atoms with E-state index >= 15 is 0 Å². The van der Waals surface area contributed by atoms with E-state index in [2.05, 4.69) is 0 Å². The second-order valence-electron chi connectivity index (χ2n) is 4.26. The summed E-state index contributed by atoms with van der Waals surface area (Å²) in [7, 11) is 3.19. The van der Waals surface area contributed by atoms with E-state index in [4.69, 9.17) is 24.7 Å². The number of hydrogen-bond donors (Lipinski definition) is 1. The maximum absolute atomic E-state index is 5.69. The average molecular weight is 289 g/mol. The molecule has 0 fully saturated rings. The summed E-state index contributed by atoms with van der Waals surface area (Å²) in [6, 6.07) is 12.7. The number of benzene rings is 2. The molecule has 0 amide bonds. The molecule has 0 atom stereocenters. The molecule has 2 aromatic carbocycles. The highest BCUT2D eigenvalue weighted by atomic mass is 16.5. The molecule has 0 aliphatic carbocycles. The first kappa shape index (κ1) is 14.8. The Labute approximate surface area is 124 Å². The Hall–Kier alpha value is -2.56. The quantitative estimate of drug-likeness (QED) is 0.627. The predicted octanol–water partition coefficient (Wildman–Crippen LogP) is 2.74. The number of rotatable bonds is 7. The lowest BCUT2D eigenvalue weighted by Gasteiger charge is -2.13. The maximum Gasteiger partial charge on any atom is 0.162 e. The molecule has 0 unspecified atom stereocenters. The molecule has 0 aliphatic heterocycles. The highest BCUT2D eigenvalue weighted by molar-refractivity contribution is 5.51. The van der Waals surface area contributed by atoms with Gasteiger partial charge in [-0.05, 0) is 24.3 Å². The Balaban J connectivity index is 1.87. The minimum atomic E-state index is 0.387. The second-order valence-corrected chi connectivity index (χ2v) is 4.26. The summed E-state index contributed by atoms with van der Waals surface area (Å²) >= 11 is 0. The fraction of sp³-hybridized carbons (Fsp3) is 0.250. The summed E-state index contributed by atoms with van der Waals surface area (Å²) in [5, 5.41) is 0. The van der Waals surface area contributed by atoms with Crippen molar-refractivity contribution in [2.24, 2.45) is 0 Å². The van der Waals surface area contributed by atoms with Crippen molar-refractivity contribution in [2.45, 2.75) is 0 Å². The Morgan fingerprint density at radius 1 is 0.762 bits per heavy atom. The molecule has 0 heterocycles. The standard InChI is InChI=1S/C16H19NO4/c1-18-13-5-3-4-6-14(13)20-9-10-21-15-8-7-12(17)11-16(15)19-2/h3-8,11H,9-10,17H2,1-2H3. The maximum atomic E-state index is 5.69. The van der Waals surface area contributed by atoms with Crippen molar-refractivity contribution in [3.05, 3.63) is 42.5 Å². The third-order valence-corrected chi connectivity index (χ3v) is 2.86. The van der Waals surface area contributed by atoms with E-state index in [0.29, 0.717) is 41.9 Å². The summed E-state index contributed by atoms with van der Waals surface area (Å²) < 4.78 is 21.7. The number of para-hydroxylation sites is 2. The molecule has 0 aromatic heterocycles. The number of nitrogens with two attached hydrogens (primary N) is 1. The van der Waals surface area contributed by atoms with Gasteiger partial charge >= 0.3 is 0 Å². The number of ether oxygens (including phenoxy) is 4. The molecular weight excluding hydrogens is 270 g/mol. The van der Waals surface area contributed by atoms with E-state index in [9.17, 15) is 0 Å². The summed E-state index contributed by atoms with van der Waals surface area (Å²) in [5.74, 6) is 2.62. The zero-order chi connectivity index (χ0) is 15.1. The number of methoxy groups -OCH3 is 2. The third-order valence-electron chi connectivity index (χ3n) is 2.86. The van der Waals surface area contributed by atoms with Gasteiger partial charge in [-0.15, -0.1) is 0 Å². The van der Waals surface area contributed by atoms with Gasteiger partial charge in [-0.1, -0.05) is 12.1 Å². The molecule has 2 rings (SSSR count). The lowest BCUT2D eigenvalue weighted by atomic mass is 10.3. The normalized spacial score (nSPS) is 10.0. The van der Waals surface area contributed by atoms with Crippen LogP contribution in [0.15, 0.2) is 42.5 Å². The van der Waals surface area contributed by atoms with Crippen LogP contribution in [0.25, 0.3) is 0 Å². The smallest absolute Gasteiger partial charge is 0.162 e. The van der Waals surface area contributed by atoms with E-state index in [1.807, 2.05) is 24.3 Å². The van der Waals surface area contributed by atoms with Crippen molar-refractivity contribution in [1.29, 1.82) is 0 Å². The van der Waals surface area contributed by atoms with Gasteiger partial charge in [-0.2, -0.15) is 0 Å². The third kappa shape index (κ3) is 3.95. The van der Waals surface area contributed by atoms with E-state index in [1.54, 1.807) is 32.4 Å². The lowest BCUT2D eigenvalue weighted by Crippen LogP contribution is -2.10. The van der Waals surface area contributed by atoms with E-state index in [-0.39, 0.29) is 0 Å². The van der Waals surface area contributed by atoms with Crippen LogP contribution in [0.2, 0.25) is 0 Å². The van der Waals surface area contributed by atoms with Gasteiger partial charge in [0, 0.05) is 11.8 Å². The van der Waals surface area contributed by atoms with Gasteiger partial charge in [-0.3, -0.25) is 0 Å². The van der Waals surface area contributed by atoms with Crippen molar-refractivity contribution in [3.63, 3.8) is 0 Å². The SMILES string of the molecule is COc1ccccc1OCCOc1ccc(N)cc1OC. The summed E-state index contributed by atoms with van der Waals surface area (Å²) in [4.78, 5) is 0. The lowest BCUT2D eigenvalue weighted by molar-refractivity contribution is 0.206. The molecule has 0 saturated heterocycles. The van der Waals surface area contributed by atoms with Crippen LogP contribution in [0.1, 0.15) is 0 Å². The molecule has 0 saturated carbocycles. The monoisotopic (exact) mass is 289 g/mol. The first-order chi connectivity index (χ1) is 10.2. The molecule has 21 heavy (non-hydrogen) atoms. The Kier molecular flexibility index (Phi) is 5.15. The van der Waals surface area contributed by atoms with Crippen molar-refractivity contribution < 1.29 is 18.9 Å². The van der Waals surface area contributed by atoms with Crippen molar-refractivity contribution in [3.8, 4) is 23.0 Å². The number of anilines is 1. The Morgan fingerprint density at radius 2 is 1.33 bits per heavy atom. The molecule has 5 heteroatoms. The summed E-state index contributed by atoms with van der Waals surface area (Å²) in [6.07, 6.45) is 0. The molecule has 2 aromatic rings. The van der Waals surface area contributed by atoms with E-state index in [0.717, 1.165) is 0 Å². The minimum Gasteiger partial charge on any atom is -0.493 e. The zero-order valence-corrected chi connectivity index (χ0v) is 12.2. The van der Waals surface area contributed by atoms with Crippen molar-refractivity contribution >= 4 is 5.69 Å². The molecule has 0 spiro atoms. The van der Waals surface area contributed by atoms with Crippen LogP contribution in [-0.2, 0) is 0 Å². The van der Waals surface area contributed by atoms with Gasteiger partial charge < -0.3 is 24.7 Å². The van der Waals surface area contributed by atoms with E-state index in [1.165, 1.54) is 0 Å². The molecule has 0 bridgehead atoms. The van der Waals surface area contributed by atoms with E-state index < -0.39 is 0 Å². The van der Waals surface area contributed by atoms with Gasteiger partial charge in [0.1, 0.15) is 13.2 Å². The highest BCUT2D eigenvalue weighted by Gasteiger charge is 2.06. The first-order valence-electron chi connectivity index (χ1n) is 6.56. The minimum absolute atomic E-state index is 0.387. The van der Waals surface area contributed by atoms with Gasteiger partial charge in [0.15, 0.2) is 23.0 Å². The first-order valence-corrected chi connectivity index (χ1v) is 6.56. The predicted molar refractivity (Wildman–Crippen MR) is 81.4 cm³/mol. The molecule has 0 aliphatic rings. The molecule has 0 radical (unpaired) electrons. The van der Waals surface area contributed by atoms with Crippen LogP contribution >= 0.6 is 0 Å². The van der Waals surface area contributed by atoms with Crippen LogP contribution in [0.4, 0.5) is 5.69 Å². The van der Waals surface area contributed by atoms with Crippen LogP contribution in [0.3, 0.4) is 0 Å². The van der Waals surface area contributed by atoms with Gasteiger partial charge in [-0.25, -0.2) is 0 Å². The topological polar surface area (TPSA) is 62.9 Å². The highest BCUT2D eigenvalue weighted by Crippen LogP contribution is 2.29. The van der Waals surface area contributed by atoms with Gasteiger partial charge in [0.25, 0.3) is 0 Å². The largest absolute Gasteiger partial charge is 0.493 e. The molecule has 112 valence electrons. The summed E-state index contributed by atoms with van der Waals surface area (Å²) in [6.45, 7) is 0.784. The average Bonchev–Trinajstić information content (AvgIpc) is 2.52. The van der Waals surface area contributed by atoms with Crippen molar-refractivity contribution in [1.82, 2.24) is 0 Å². The molecule has 2 N–H and O–H groups in total. The number of nitrogen functional groups attached to an aromatic ring is 1. The Morgan fingerprint density at radius 3 is 1.95 bits per heavy atom. The van der Waals surface area contributed by atoms with Crippen LogP contribution in [-0.4, -0.2) is 27.4 Å².